The van der Waals surface area contributed by atoms with Gasteiger partial charge in [0.2, 0.25) is 15.9 Å². The first-order chi connectivity index (χ1) is 13.1. The highest BCUT2D eigenvalue weighted by Crippen LogP contribution is 2.22. The average Bonchev–Trinajstić information content (AvgIpc) is 2.61. The number of carbonyl (C=O) groups is 2. The van der Waals surface area contributed by atoms with E-state index in [1.807, 2.05) is 0 Å². The molecule has 1 heterocycles. The molecular formula is C19H29N3O5S. The molecule has 0 bridgehead atoms. The van der Waals surface area contributed by atoms with E-state index in [2.05, 4.69) is 10.6 Å². The molecule has 1 aliphatic rings. The zero-order valence-electron chi connectivity index (χ0n) is 16.7. The molecule has 156 valence electrons. The quantitative estimate of drug-likeness (QED) is 0.749. The number of sulfonamides is 1. The van der Waals surface area contributed by atoms with E-state index in [4.69, 9.17) is 4.74 Å². The molecule has 0 aliphatic carbocycles. The van der Waals surface area contributed by atoms with Crippen molar-refractivity contribution in [3.8, 4) is 0 Å². The van der Waals surface area contributed by atoms with E-state index in [1.54, 1.807) is 32.9 Å². The van der Waals surface area contributed by atoms with Gasteiger partial charge in [0.05, 0.1) is 4.90 Å². The molecule has 0 aromatic heterocycles. The van der Waals surface area contributed by atoms with Crippen molar-refractivity contribution >= 4 is 27.7 Å². The number of anilines is 1. The maximum absolute atomic E-state index is 12.6. The Balaban J connectivity index is 1.83. The molecule has 0 radical (unpaired) electrons. The second kappa shape index (κ2) is 9.38. The van der Waals surface area contributed by atoms with Gasteiger partial charge in [-0.1, -0.05) is 6.42 Å². The van der Waals surface area contributed by atoms with Crippen molar-refractivity contribution in [1.82, 2.24) is 9.62 Å². The van der Waals surface area contributed by atoms with Crippen LogP contribution in [0.3, 0.4) is 0 Å². The Morgan fingerprint density at radius 3 is 2.25 bits per heavy atom. The van der Waals surface area contributed by atoms with E-state index < -0.39 is 21.7 Å². The number of alkyl carbamates (subject to hydrolysis) is 1. The Bertz CT molecular complexity index is 779. The van der Waals surface area contributed by atoms with Crippen LogP contribution >= 0.6 is 0 Å². The zero-order valence-corrected chi connectivity index (χ0v) is 17.5. The van der Waals surface area contributed by atoms with Crippen molar-refractivity contribution in [2.45, 2.75) is 57.0 Å². The standard InChI is InChI=1S/C19H29N3O5S/c1-19(2,3)27-18(24)20-12-11-17(23)21-15-7-9-16(10-8-15)28(25,26)22-13-5-4-6-14-22/h7-10H,4-6,11-14H2,1-3H3,(H,20,24)(H,21,23). The molecule has 1 aromatic carbocycles. The van der Waals surface area contributed by atoms with E-state index in [0.29, 0.717) is 18.8 Å². The van der Waals surface area contributed by atoms with Crippen LogP contribution < -0.4 is 10.6 Å². The van der Waals surface area contributed by atoms with Gasteiger partial charge in [0, 0.05) is 31.7 Å². The van der Waals surface area contributed by atoms with Crippen LogP contribution in [0.5, 0.6) is 0 Å². The molecule has 0 saturated carbocycles. The normalized spacial score (nSPS) is 15.7. The van der Waals surface area contributed by atoms with Crippen molar-refractivity contribution in [1.29, 1.82) is 0 Å². The van der Waals surface area contributed by atoms with Gasteiger partial charge < -0.3 is 15.4 Å². The fourth-order valence-electron chi connectivity index (χ4n) is 2.78. The van der Waals surface area contributed by atoms with Crippen molar-refractivity contribution < 1.29 is 22.7 Å². The first kappa shape index (κ1) is 22.2. The number of carbonyl (C=O) groups excluding carboxylic acids is 2. The van der Waals surface area contributed by atoms with Crippen LogP contribution in [0.15, 0.2) is 29.2 Å². The lowest BCUT2D eigenvalue weighted by molar-refractivity contribution is -0.116. The lowest BCUT2D eigenvalue weighted by Gasteiger charge is -2.25. The van der Waals surface area contributed by atoms with Crippen LogP contribution in [-0.4, -0.2) is 50.0 Å². The van der Waals surface area contributed by atoms with Gasteiger partial charge in [0.1, 0.15) is 5.60 Å². The molecule has 0 spiro atoms. The maximum atomic E-state index is 12.6. The molecule has 1 aliphatic heterocycles. The number of amides is 2. The summed E-state index contributed by atoms with van der Waals surface area (Å²) < 4.78 is 31.8. The molecule has 1 saturated heterocycles. The molecule has 28 heavy (non-hydrogen) atoms. The minimum Gasteiger partial charge on any atom is -0.444 e. The molecule has 2 amide bonds. The third kappa shape index (κ3) is 6.79. The van der Waals surface area contributed by atoms with Gasteiger partial charge in [-0.15, -0.1) is 0 Å². The smallest absolute Gasteiger partial charge is 0.407 e. The molecular weight excluding hydrogens is 382 g/mol. The summed E-state index contributed by atoms with van der Waals surface area (Å²) in [5, 5.41) is 5.20. The third-order valence-corrected chi connectivity index (χ3v) is 6.02. The molecule has 2 rings (SSSR count). The van der Waals surface area contributed by atoms with Gasteiger partial charge >= 0.3 is 6.09 Å². The predicted octanol–water partition coefficient (Wildman–Crippen LogP) is 2.71. The first-order valence-corrected chi connectivity index (χ1v) is 10.9. The SMILES string of the molecule is CC(C)(C)OC(=O)NCCC(=O)Nc1ccc(S(=O)(=O)N2CCCCC2)cc1. The Morgan fingerprint density at radius 2 is 1.68 bits per heavy atom. The summed E-state index contributed by atoms with van der Waals surface area (Å²) in [5.41, 5.74) is -0.0947. The Morgan fingerprint density at radius 1 is 1.07 bits per heavy atom. The summed E-state index contributed by atoms with van der Waals surface area (Å²) in [5.74, 6) is -0.289. The number of nitrogens with one attached hydrogen (secondary N) is 2. The second-order valence-electron chi connectivity index (χ2n) is 7.72. The number of benzene rings is 1. The Kier molecular flexibility index (Phi) is 7.42. The summed E-state index contributed by atoms with van der Waals surface area (Å²) >= 11 is 0. The summed E-state index contributed by atoms with van der Waals surface area (Å²) in [6.07, 6.45) is 2.31. The average molecular weight is 412 g/mol. The lowest BCUT2D eigenvalue weighted by Crippen LogP contribution is -2.35. The minimum atomic E-state index is -3.49. The van der Waals surface area contributed by atoms with Crippen LogP contribution in [0.2, 0.25) is 0 Å². The highest BCUT2D eigenvalue weighted by molar-refractivity contribution is 7.89. The zero-order chi connectivity index (χ0) is 20.8. The first-order valence-electron chi connectivity index (χ1n) is 9.45. The molecule has 1 fully saturated rings. The van der Waals surface area contributed by atoms with Crippen molar-refractivity contribution in [3.63, 3.8) is 0 Å². The monoisotopic (exact) mass is 411 g/mol. The van der Waals surface area contributed by atoms with E-state index >= 15 is 0 Å². The summed E-state index contributed by atoms with van der Waals surface area (Å²) in [6.45, 7) is 6.51. The third-order valence-electron chi connectivity index (χ3n) is 4.11. The van der Waals surface area contributed by atoms with Gasteiger partial charge in [0.15, 0.2) is 0 Å². The van der Waals surface area contributed by atoms with Crippen LogP contribution in [0.25, 0.3) is 0 Å². The van der Waals surface area contributed by atoms with E-state index in [-0.39, 0.29) is 23.8 Å². The molecule has 8 nitrogen and oxygen atoms in total. The number of rotatable bonds is 6. The minimum absolute atomic E-state index is 0.0765. The van der Waals surface area contributed by atoms with E-state index in [1.165, 1.54) is 16.4 Å². The molecule has 0 atom stereocenters. The van der Waals surface area contributed by atoms with E-state index in [0.717, 1.165) is 19.3 Å². The van der Waals surface area contributed by atoms with Gasteiger partial charge in [-0.05, 0) is 57.9 Å². The Hall–Kier alpha value is -2.13. The number of piperidine rings is 1. The highest BCUT2D eigenvalue weighted by atomic mass is 32.2. The fourth-order valence-corrected chi connectivity index (χ4v) is 4.30. The van der Waals surface area contributed by atoms with Crippen LogP contribution in [0, 0.1) is 0 Å². The second-order valence-corrected chi connectivity index (χ2v) is 9.65. The summed E-state index contributed by atoms with van der Waals surface area (Å²) in [7, 11) is -3.49. The summed E-state index contributed by atoms with van der Waals surface area (Å²) in [6, 6.07) is 6.13. The number of hydrogen-bond donors (Lipinski definition) is 2. The number of hydrogen-bond acceptors (Lipinski definition) is 5. The van der Waals surface area contributed by atoms with Gasteiger partial charge in [-0.25, -0.2) is 13.2 Å². The van der Waals surface area contributed by atoms with Gasteiger partial charge in [0.25, 0.3) is 0 Å². The van der Waals surface area contributed by atoms with Gasteiger partial charge in [-0.3, -0.25) is 4.79 Å². The highest BCUT2D eigenvalue weighted by Gasteiger charge is 2.25. The van der Waals surface area contributed by atoms with Crippen LogP contribution in [0.1, 0.15) is 46.5 Å². The largest absolute Gasteiger partial charge is 0.444 e. The van der Waals surface area contributed by atoms with Crippen molar-refractivity contribution in [2.24, 2.45) is 0 Å². The summed E-state index contributed by atoms with van der Waals surface area (Å²) in [4.78, 5) is 23.7. The molecule has 1 aromatic rings. The van der Waals surface area contributed by atoms with Gasteiger partial charge in [-0.2, -0.15) is 4.31 Å². The molecule has 2 N–H and O–H groups in total. The van der Waals surface area contributed by atoms with E-state index in [9.17, 15) is 18.0 Å². The van der Waals surface area contributed by atoms with Crippen molar-refractivity contribution in [2.75, 3.05) is 25.0 Å². The van der Waals surface area contributed by atoms with Crippen molar-refractivity contribution in [3.05, 3.63) is 24.3 Å². The maximum Gasteiger partial charge on any atom is 0.407 e. The van der Waals surface area contributed by atoms with Crippen LogP contribution in [0.4, 0.5) is 10.5 Å². The predicted molar refractivity (Wildman–Crippen MR) is 107 cm³/mol. The fraction of sp³-hybridized carbons (Fsp3) is 0.579. The topological polar surface area (TPSA) is 105 Å². The molecule has 9 heteroatoms. The lowest BCUT2D eigenvalue weighted by atomic mass is 10.2. The molecule has 0 unspecified atom stereocenters. The number of ether oxygens (including phenoxy) is 1. The number of nitrogens with zero attached hydrogens (tertiary/aromatic N) is 1. The Labute approximate surface area is 166 Å². The van der Waals surface area contributed by atoms with Crippen LogP contribution in [-0.2, 0) is 19.6 Å².